The molecular formula is C21H22N4O5. The van der Waals surface area contributed by atoms with Crippen LogP contribution < -0.4 is 5.32 Å². The number of hydrogen-bond acceptors (Lipinski definition) is 8. The van der Waals surface area contributed by atoms with E-state index in [0.717, 1.165) is 25.9 Å². The van der Waals surface area contributed by atoms with Gasteiger partial charge in [-0.2, -0.15) is 0 Å². The van der Waals surface area contributed by atoms with Crippen LogP contribution in [0.5, 0.6) is 0 Å². The molecule has 3 aromatic rings. The highest BCUT2D eigenvalue weighted by atomic mass is 16.5. The quantitative estimate of drug-likeness (QED) is 0.618. The lowest BCUT2D eigenvalue weighted by Gasteiger charge is -2.29. The molecule has 9 heteroatoms. The van der Waals surface area contributed by atoms with Crippen LogP contribution in [0, 0.1) is 0 Å². The highest BCUT2D eigenvalue weighted by molar-refractivity contribution is 5.94. The fourth-order valence-electron chi connectivity index (χ4n) is 3.45. The van der Waals surface area contributed by atoms with Gasteiger partial charge in [0.15, 0.2) is 5.76 Å². The Morgan fingerprint density at radius 1 is 1.17 bits per heavy atom. The van der Waals surface area contributed by atoms with E-state index in [2.05, 4.69) is 25.2 Å². The number of aromatic nitrogens is 2. The second-order valence-corrected chi connectivity index (χ2v) is 7.09. The fraction of sp³-hybridized carbons (Fsp3) is 0.333. The molecule has 2 aromatic heterocycles. The molecule has 0 spiro atoms. The number of likely N-dealkylation sites (tertiary alicyclic amines) is 1. The molecule has 0 saturated carbocycles. The largest absolute Gasteiger partial charge is 0.465 e. The molecule has 1 aliphatic rings. The standard InChI is InChI=1S/C21H22N4O5/c1-28-21(27)15-4-6-16(7-5-15)22-18(26)13-25-10-8-14(9-11-25)19-23-24-20(30-19)17-3-2-12-29-17/h2-7,12,14H,8-11,13H2,1H3,(H,22,26). The van der Waals surface area contributed by atoms with Crippen molar-refractivity contribution in [3.05, 3.63) is 54.1 Å². The molecule has 0 bridgehead atoms. The summed E-state index contributed by atoms with van der Waals surface area (Å²) in [6, 6.07) is 10.2. The van der Waals surface area contributed by atoms with Gasteiger partial charge in [-0.25, -0.2) is 4.79 Å². The molecule has 4 rings (SSSR count). The molecule has 1 saturated heterocycles. The summed E-state index contributed by atoms with van der Waals surface area (Å²) >= 11 is 0. The molecule has 1 N–H and O–H groups in total. The van der Waals surface area contributed by atoms with Gasteiger partial charge < -0.3 is 18.9 Å². The molecule has 156 valence electrons. The molecule has 1 amide bonds. The minimum Gasteiger partial charge on any atom is -0.465 e. The third-order valence-electron chi connectivity index (χ3n) is 5.07. The number of piperidine rings is 1. The molecule has 9 nitrogen and oxygen atoms in total. The lowest BCUT2D eigenvalue weighted by molar-refractivity contribution is -0.117. The zero-order valence-electron chi connectivity index (χ0n) is 16.5. The van der Waals surface area contributed by atoms with Crippen molar-refractivity contribution in [3.8, 4) is 11.7 Å². The summed E-state index contributed by atoms with van der Waals surface area (Å²) in [6.45, 7) is 1.82. The Kier molecular flexibility index (Phi) is 5.89. The molecular weight excluding hydrogens is 388 g/mol. The Labute approximate surface area is 173 Å². The first kappa shape index (κ1) is 19.8. The van der Waals surface area contributed by atoms with Crippen molar-refractivity contribution in [2.24, 2.45) is 0 Å². The number of rotatable bonds is 6. The van der Waals surface area contributed by atoms with Gasteiger partial charge in [0.25, 0.3) is 5.89 Å². The first-order chi connectivity index (χ1) is 14.6. The van der Waals surface area contributed by atoms with Crippen LogP contribution in [0.15, 0.2) is 51.5 Å². The average Bonchev–Trinajstić information content (AvgIpc) is 3.46. The van der Waals surface area contributed by atoms with Crippen LogP contribution in [-0.2, 0) is 9.53 Å². The van der Waals surface area contributed by atoms with E-state index in [4.69, 9.17) is 8.83 Å². The Morgan fingerprint density at radius 2 is 1.93 bits per heavy atom. The molecule has 1 aliphatic heterocycles. The van der Waals surface area contributed by atoms with Crippen LogP contribution in [0.3, 0.4) is 0 Å². The third kappa shape index (κ3) is 4.57. The van der Waals surface area contributed by atoms with Crippen molar-refractivity contribution >= 4 is 17.6 Å². The van der Waals surface area contributed by atoms with E-state index in [1.165, 1.54) is 7.11 Å². The first-order valence-electron chi connectivity index (χ1n) is 9.70. The van der Waals surface area contributed by atoms with E-state index < -0.39 is 5.97 Å². The van der Waals surface area contributed by atoms with Gasteiger partial charge in [0.2, 0.25) is 11.8 Å². The monoisotopic (exact) mass is 410 g/mol. The molecule has 0 aliphatic carbocycles. The Bertz CT molecular complexity index is 989. The zero-order chi connectivity index (χ0) is 20.9. The van der Waals surface area contributed by atoms with Crippen molar-refractivity contribution in [1.82, 2.24) is 15.1 Å². The maximum atomic E-state index is 12.3. The van der Waals surface area contributed by atoms with Crippen LogP contribution >= 0.6 is 0 Å². The highest BCUT2D eigenvalue weighted by Gasteiger charge is 2.26. The van der Waals surface area contributed by atoms with E-state index in [9.17, 15) is 9.59 Å². The summed E-state index contributed by atoms with van der Waals surface area (Å²) in [7, 11) is 1.33. The van der Waals surface area contributed by atoms with E-state index >= 15 is 0 Å². The molecule has 1 aromatic carbocycles. The van der Waals surface area contributed by atoms with E-state index in [0.29, 0.717) is 35.3 Å². The maximum absolute atomic E-state index is 12.3. The third-order valence-corrected chi connectivity index (χ3v) is 5.07. The van der Waals surface area contributed by atoms with E-state index in [1.54, 1.807) is 42.7 Å². The van der Waals surface area contributed by atoms with Crippen LogP contribution in [0.1, 0.15) is 35.0 Å². The van der Waals surface area contributed by atoms with Crippen molar-refractivity contribution in [2.75, 3.05) is 32.1 Å². The average molecular weight is 410 g/mol. The summed E-state index contributed by atoms with van der Waals surface area (Å²) in [5, 5.41) is 11.1. The number of furan rings is 1. The fourth-order valence-corrected chi connectivity index (χ4v) is 3.45. The van der Waals surface area contributed by atoms with Crippen LogP contribution in [0.2, 0.25) is 0 Å². The number of benzene rings is 1. The number of ether oxygens (including phenoxy) is 1. The van der Waals surface area contributed by atoms with Gasteiger partial charge in [-0.15, -0.1) is 10.2 Å². The molecule has 0 atom stereocenters. The zero-order valence-corrected chi connectivity index (χ0v) is 16.5. The summed E-state index contributed by atoms with van der Waals surface area (Å²) < 4.78 is 15.7. The maximum Gasteiger partial charge on any atom is 0.337 e. The summed E-state index contributed by atoms with van der Waals surface area (Å²) in [5.74, 6) is 1.21. The summed E-state index contributed by atoms with van der Waals surface area (Å²) in [5.41, 5.74) is 1.08. The Balaban J connectivity index is 1.25. The SMILES string of the molecule is COC(=O)c1ccc(NC(=O)CN2CCC(c3nnc(-c4ccco4)o3)CC2)cc1. The summed E-state index contributed by atoms with van der Waals surface area (Å²) in [4.78, 5) is 25.9. The van der Waals surface area contributed by atoms with Gasteiger partial charge in [-0.1, -0.05) is 0 Å². The minimum absolute atomic E-state index is 0.0998. The van der Waals surface area contributed by atoms with Gasteiger partial charge in [-0.05, 0) is 62.3 Å². The number of methoxy groups -OCH3 is 1. The van der Waals surface area contributed by atoms with Gasteiger partial charge in [-0.3, -0.25) is 9.69 Å². The summed E-state index contributed by atoms with van der Waals surface area (Å²) in [6.07, 6.45) is 3.23. The number of nitrogens with zero attached hydrogens (tertiary/aromatic N) is 3. The van der Waals surface area contributed by atoms with Gasteiger partial charge in [0, 0.05) is 11.6 Å². The molecule has 3 heterocycles. The van der Waals surface area contributed by atoms with Crippen molar-refractivity contribution in [1.29, 1.82) is 0 Å². The molecule has 30 heavy (non-hydrogen) atoms. The van der Waals surface area contributed by atoms with Crippen LogP contribution in [0.25, 0.3) is 11.7 Å². The Morgan fingerprint density at radius 3 is 2.60 bits per heavy atom. The number of carbonyl (C=O) groups excluding carboxylic acids is 2. The van der Waals surface area contributed by atoms with Gasteiger partial charge in [0.05, 0.1) is 25.5 Å². The van der Waals surface area contributed by atoms with Crippen LogP contribution in [0.4, 0.5) is 5.69 Å². The lowest BCUT2D eigenvalue weighted by atomic mass is 9.97. The second-order valence-electron chi connectivity index (χ2n) is 7.09. The van der Waals surface area contributed by atoms with Crippen molar-refractivity contribution in [3.63, 3.8) is 0 Å². The number of amides is 1. The first-order valence-corrected chi connectivity index (χ1v) is 9.70. The predicted molar refractivity (Wildman–Crippen MR) is 107 cm³/mol. The normalized spacial score (nSPS) is 15.1. The second kappa shape index (κ2) is 8.91. The van der Waals surface area contributed by atoms with Gasteiger partial charge >= 0.3 is 5.97 Å². The van der Waals surface area contributed by atoms with E-state index in [1.807, 2.05) is 0 Å². The number of anilines is 1. The lowest BCUT2D eigenvalue weighted by Crippen LogP contribution is -2.38. The van der Waals surface area contributed by atoms with Crippen molar-refractivity contribution in [2.45, 2.75) is 18.8 Å². The highest BCUT2D eigenvalue weighted by Crippen LogP contribution is 2.29. The number of carbonyl (C=O) groups is 2. The van der Waals surface area contributed by atoms with Crippen molar-refractivity contribution < 1.29 is 23.2 Å². The minimum atomic E-state index is -0.409. The topological polar surface area (TPSA) is 111 Å². The molecule has 0 unspecified atom stereocenters. The molecule has 1 fully saturated rings. The number of nitrogens with one attached hydrogen (secondary N) is 1. The number of esters is 1. The van der Waals surface area contributed by atoms with Crippen LogP contribution in [-0.4, -0.2) is 53.7 Å². The van der Waals surface area contributed by atoms with E-state index in [-0.39, 0.29) is 11.8 Å². The van der Waals surface area contributed by atoms with Gasteiger partial charge in [0.1, 0.15) is 0 Å². The predicted octanol–water partition coefficient (Wildman–Crippen LogP) is 2.93. The Hall–Kier alpha value is -3.46. The number of hydrogen-bond donors (Lipinski definition) is 1. The molecule has 0 radical (unpaired) electrons. The smallest absolute Gasteiger partial charge is 0.337 e.